The molecule has 1 aromatic carbocycles. The predicted molar refractivity (Wildman–Crippen MR) is 121 cm³/mol. The quantitative estimate of drug-likeness (QED) is 0.551. The number of hydrogen-bond donors (Lipinski definition) is 1. The van der Waals surface area contributed by atoms with Gasteiger partial charge in [0.05, 0.1) is 17.1 Å². The van der Waals surface area contributed by atoms with Gasteiger partial charge in [-0.25, -0.2) is 14.3 Å². The molecule has 2 aliphatic rings. The van der Waals surface area contributed by atoms with Crippen molar-refractivity contribution < 1.29 is 0 Å². The van der Waals surface area contributed by atoms with Crippen LogP contribution in [0, 0.1) is 19.8 Å². The average Bonchev–Trinajstić information content (AvgIpc) is 3.31. The third-order valence-corrected chi connectivity index (χ3v) is 6.99. The number of nitrogens with zero attached hydrogens (tertiary/aromatic N) is 5. The lowest BCUT2D eigenvalue weighted by Crippen LogP contribution is -2.40. The van der Waals surface area contributed by atoms with Crippen LogP contribution >= 0.6 is 0 Å². The maximum absolute atomic E-state index is 13.0. The van der Waals surface area contributed by atoms with Gasteiger partial charge in [0.15, 0.2) is 5.65 Å². The van der Waals surface area contributed by atoms with Crippen LogP contribution in [0.25, 0.3) is 27.8 Å². The Morgan fingerprint density at radius 1 is 1.13 bits per heavy atom. The number of imidazole rings is 1. The van der Waals surface area contributed by atoms with Gasteiger partial charge in [-0.1, -0.05) is 0 Å². The number of hydrogen-bond acceptors (Lipinski definition) is 4. The van der Waals surface area contributed by atoms with E-state index in [1.165, 1.54) is 19.4 Å². The third-order valence-electron chi connectivity index (χ3n) is 6.99. The number of H-pyrrole nitrogens is 1. The number of likely N-dealkylation sites (tertiary alicyclic amines) is 1. The first kappa shape index (κ1) is 18.8. The van der Waals surface area contributed by atoms with Gasteiger partial charge < -0.3 is 9.88 Å². The summed E-state index contributed by atoms with van der Waals surface area (Å²) in [6.07, 6.45) is 8.56. The molecule has 1 atom stereocenters. The highest BCUT2D eigenvalue weighted by molar-refractivity contribution is 5.84. The molecule has 31 heavy (non-hydrogen) atoms. The molecule has 1 saturated carbocycles. The Morgan fingerprint density at radius 3 is 2.84 bits per heavy atom. The summed E-state index contributed by atoms with van der Waals surface area (Å²) in [7, 11) is 0. The van der Waals surface area contributed by atoms with Gasteiger partial charge in [0.1, 0.15) is 6.33 Å². The normalized spacial score (nSPS) is 20.1. The van der Waals surface area contributed by atoms with E-state index in [0.29, 0.717) is 0 Å². The summed E-state index contributed by atoms with van der Waals surface area (Å²) >= 11 is 0. The van der Waals surface area contributed by atoms with Gasteiger partial charge in [0.25, 0.3) is 0 Å². The molecular formula is C24H28N6O. The summed E-state index contributed by atoms with van der Waals surface area (Å²) in [4.78, 5) is 23.0. The average molecular weight is 417 g/mol. The molecular weight excluding hydrogens is 388 g/mol. The maximum atomic E-state index is 13.0. The monoisotopic (exact) mass is 416 g/mol. The Hall–Kier alpha value is -2.93. The van der Waals surface area contributed by atoms with Crippen LogP contribution in [0.3, 0.4) is 0 Å². The Morgan fingerprint density at radius 2 is 2.00 bits per heavy atom. The van der Waals surface area contributed by atoms with E-state index in [9.17, 15) is 4.79 Å². The Kier molecular flexibility index (Phi) is 4.28. The van der Waals surface area contributed by atoms with E-state index in [-0.39, 0.29) is 11.7 Å². The first-order chi connectivity index (χ1) is 15.1. The van der Waals surface area contributed by atoms with E-state index in [4.69, 9.17) is 0 Å². The zero-order chi connectivity index (χ0) is 21.1. The molecule has 2 fully saturated rings. The maximum Gasteiger partial charge on any atom is 0.326 e. The SMILES string of the molecule is Cc1cc2c(cc1-c1cc(C)c3ncnn3c1)[nH]c(=O)n2C1CCCN(CC2CC2)C1. The molecule has 0 bridgehead atoms. The highest BCUT2D eigenvalue weighted by atomic mass is 16.1. The molecule has 0 amide bonds. The van der Waals surface area contributed by atoms with Crippen LogP contribution < -0.4 is 5.69 Å². The van der Waals surface area contributed by atoms with Gasteiger partial charge in [-0.2, -0.15) is 5.10 Å². The molecule has 1 unspecified atom stereocenters. The second-order valence-electron chi connectivity index (χ2n) is 9.42. The molecule has 6 rings (SSSR count). The van der Waals surface area contributed by atoms with E-state index in [1.54, 1.807) is 6.33 Å². The summed E-state index contributed by atoms with van der Waals surface area (Å²) in [5, 5.41) is 4.31. The molecule has 4 aromatic rings. The van der Waals surface area contributed by atoms with Gasteiger partial charge in [-0.05, 0) is 86.9 Å². The van der Waals surface area contributed by atoms with Gasteiger partial charge in [0, 0.05) is 24.8 Å². The highest BCUT2D eigenvalue weighted by Gasteiger charge is 2.29. The van der Waals surface area contributed by atoms with Gasteiger partial charge in [-0.3, -0.25) is 4.57 Å². The summed E-state index contributed by atoms with van der Waals surface area (Å²) in [5.41, 5.74) is 7.23. The summed E-state index contributed by atoms with van der Waals surface area (Å²) in [5.74, 6) is 0.883. The lowest BCUT2D eigenvalue weighted by atomic mass is 9.99. The molecule has 1 N–H and O–H groups in total. The largest absolute Gasteiger partial charge is 0.326 e. The van der Waals surface area contributed by atoms with Gasteiger partial charge in [-0.15, -0.1) is 0 Å². The number of aromatic nitrogens is 5. The van der Waals surface area contributed by atoms with Crippen molar-refractivity contribution in [3.63, 3.8) is 0 Å². The smallest absolute Gasteiger partial charge is 0.306 e. The third kappa shape index (κ3) is 3.28. The van der Waals surface area contributed by atoms with Crippen molar-refractivity contribution in [2.75, 3.05) is 19.6 Å². The van der Waals surface area contributed by atoms with Crippen molar-refractivity contribution in [3.8, 4) is 11.1 Å². The van der Waals surface area contributed by atoms with Crippen molar-refractivity contribution in [1.29, 1.82) is 0 Å². The standard InChI is InChI=1S/C24H28N6O/c1-15-9-22-21(10-20(15)18-8-16(2)23-25-14-26-29(23)12-18)27-24(31)30(22)19-4-3-7-28(13-19)11-17-5-6-17/h8-10,12,14,17,19H,3-7,11,13H2,1-2H3,(H,27,31). The van der Waals surface area contributed by atoms with Crippen molar-refractivity contribution in [2.45, 2.75) is 45.6 Å². The van der Waals surface area contributed by atoms with Crippen LogP contribution in [0.4, 0.5) is 0 Å². The first-order valence-corrected chi connectivity index (χ1v) is 11.3. The van der Waals surface area contributed by atoms with Crippen LogP contribution in [-0.4, -0.2) is 48.7 Å². The number of benzene rings is 1. The molecule has 4 heterocycles. The van der Waals surface area contributed by atoms with Crippen LogP contribution in [0.2, 0.25) is 0 Å². The highest BCUT2D eigenvalue weighted by Crippen LogP contribution is 2.33. The zero-order valence-corrected chi connectivity index (χ0v) is 18.1. The Labute approximate surface area is 180 Å². The van der Waals surface area contributed by atoms with E-state index in [2.05, 4.69) is 52.0 Å². The molecule has 7 heteroatoms. The molecule has 160 valence electrons. The second kappa shape index (κ2) is 7.05. The molecule has 1 saturated heterocycles. The van der Waals surface area contributed by atoms with Crippen LogP contribution in [0.15, 0.2) is 35.5 Å². The van der Waals surface area contributed by atoms with E-state index in [0.717, 1.165) is 70.8 Å². The predicted octanol–water partition coefficient (Wildman–Crippen LogP) is 3.70. The van der Waals surface area contributed by atoms with Crippen LogP contribution in [0.5, 0.6) is 0 Å². The minimum atomic E-state index is 0.00716. The molecule has 1 aliphatic carbocycles. The second-order valence-corrected chi connectivity index (χ2v) is 9.42. The fraction of sp³-hybridized carbons (Fsp3) is 0.458. The number of nitrogens with one attached hydrogen (secondary N) is 1. The first-order valence-electron chi connectivity index (χ1n) is 11.3. The summed E-state index contributed by atoms with van der Waals surface area (Å²) in [6.45, 7) is 7.51. The molecule has 0 spiro atoms. The number of rotatable bonds is 4. The van der Waals surface area contributed by atoms with Crippen molar-refractivity contribution in [3.05, 3.63) is 52.3 Å². The van der Waals surface area contributed by atoms with Crippen LogP contribution in [0.1, 0.15) is 42.9 Å². The molecule has 1 aliphatic heterocycles. The lowest BCUT2D eigenvalue weighted by molar-refractivity contribution is 0.171. The number of aromatic amines is 1. The molecule has 7 nitrogen and oxygen atoms in total. The van der Waals surface area contributed by atoms with Gasteiger partial charge in [0.2, 0.25) is 0 Å². The minimum Gasteiger partial charge on any atom is -0.306 e. The van der Waals surface area contributed by atoms with Gasteiger partial charge >= 0.3 is 5.69 Å². The van der Waals surface area contributed by atoms with E-state index < -0.39 is 0 Å². The fourth-order valence-electron chi connectivity index (χ4n) is 5.26. The summed E-state index contributed by atoms with van der Waals surface area (Å²) in [6, 6.07) is 6.67. The summed E-state index contributed by atoms with van der Waals surface area (Å²) < 4.78 is 3.83. The van der Waals surface area contributed by atoms with E-state index >= 15 is 0 Å². The fourth-order valence-corrected chi connectivity index (χ4v) is 5.26. The zero-order valence-electron chi connectivity index (χ0n) is 18.1. The van der Waals surface area contributed by atoms with Crippen LogP contribution in [-0.2, 0) is 0 Å². The number of fused-ring (bicyclic) bond motifs is 2. The van der Waals surface area contributed by atoms with Crippen molar-refractivity contribution in [1.82, 2.24) is 29.0 Å². The Bertz CT molecular complexity index is 1340. The van der Waals surface area contributed by atoms with Crippen molar-refractivity contribution in [2.24, 2.45) is 5.92 Å². The lowest BCUT2D eigenvalue weighted by Gasteiger charge is -2.33. The number of pyridine rings is 1. The number of aryl methyl sites for hydroxylation is 2. The number of piperidine rings is 1. The topological polar surface area (TPSA) is 71.2 Å². The molecule has 3 aromatic heterocycles. The van der Waals surface area contributed by atoms with Crippen molar-refractivity contribution >= 4 is 16.7 Å². The minimum absolute atomic E-state index is 0.00716. The van der Waals surface area contributed by atoms with E-state index in [1.807, 2.05) is 15.3 Å². The Balaban J connectivity index is 1.40. The molecule has 0 radical (unpaired) electrons.